The van der Waals surface area contributed by atoms with Crippen molar-refractivity contribution in [3.05, 3.63) is 0 Å². The lowest BCUT2D eigenvalue weighted by Gasteiger charge is -2.11. The van der Waals surface area contributed by atoms with Gasteiger partial charge in [0.25, 0.3) is 0 Å². The molecular weight excluding hydrogens is 131 g/mol. The van der Waals surface area contributed by atoms with E-state index in [-0.39, 0.29) is 24.6 Å². The van der Waals surface area contributed by atoms with Gasteiger partial charge in [0.2, 0.25) is 0 Å². The van der Waals surface area contributed by atoms with E-state index in [9.17, 15) is 5.11 Å². The molecule has 1 aliphatic rings. The van der Waals surface area contributed by atoms with Crippen LogP contribution in [0.4, 0.5) is 0 Å². The molecule has 4 heteroatoms. The van der Waals surface area contributed by atoms with E-state index in [1.807, 2.05) is 14.8 Å². The van der Waals surface area contributed by atoms with Gasteiger partial charge >= 0.3 is 0 Å². The Morgan fingerprint density at radius 2 is 2.20 bits per heavy atom. The SMILES string of the molecule is B[C@@H]1O[C@H](CO)[C@H](O)[C@H]1C. The van der Waals surface area contributed by atoms with Crippen LogP contribution in [0.2, 0.25) is 0 Å². The van der Waals surface area contributed by atoms with E-state index in [1.54, 1.807) is 0 Å². The molecule has 0 spiro atoms. The third-order valence-electron chi connectivity index (χ3n) is 2.23. The van der Waals surface area contributed by atoms with Crippen molar-refractivity contribution in [3.8, 4) is 0 Å². The first kappa shape index (κ1) is 8.05. The van der Waals surface area contributed by atoms with E-state index in [0.29, 0.717) is 0 Å². The van der Waals surface area contributed by atoms with E-state index < -0.39 is 6.10 Å². The Bertz CT molecular complexity index is 120. The molecule has 0 aromatic rings. The normalized spacial score (nSPS) is 47.9. The Balaban J connectivity index is 2.53. The summed E-state index contributed by atoms with van der Waals surface area (Å²) in [4.78, 5) is 0. The summed E-state index contributed by atoms with van der Waals surface area (Å²) >= 11 is 0. The highest BCUT2D eigenvalue weighted by atomic mass is 16.5. The molecule has 0 unspecified atom stereocenters. The van der Waals surface area contributed by atoms with Gasteiger partial charge in [-0.15, -0.1) is 0 Å². The van der Waals surface area contributed by atoms with Crippen molar-refractivity contribution in [2.75, 3.05) is 6.61 Å². The van der Waals surface area contributed by atoms with Crippen LogP contribution >= 0.6 is 0 Å². The number of aliphatic hydroxyl groups is 2. The molecule has 1 rings (SSSR count). The third-order valence-corrected chi connectivity index (χ3v) is 2.23. The molecule has 0 aliphatic carbocycles. The standard InChI is InChI=1S/C6H13BO3/c1-3-5(9)4(2-8)10-6(3)7/h3-6,8-9H,2,7H2,1H3/t3-,4-,5-,6-/m1/s1. The van der Waals surface area contributed by atoms with Crippen molar-refractivity contribution in [1.82, 2.24) is 0 Å². The lowest BCUT2D eigenvalue weighted by atomic mass is 9.86. The Morgan fingerprint density at radius 3 is 2.40 bits per heavy atom. The summed E-state index contributed by atoms with van der Waals surface area (Å²) in [6, 6.07) is 0.0622. The van der Waals surface area contributed by atoms with Crippen LogP contribution in [0.15, 0.2) is 0 Å². The molecule has 0 saturated carbocycles. The number of hydrogen-bond donors (Lipinski definition) is 2. The monoisotopic (exact) mass is 144 g/mol. The van der Waals surface area contributed by atoms with Crippen molar-refractivity contribution in [2.24, 2.45) is 5.92 Å². The maximum absolute atomic E-state index is 9.34. The van der Waals surface area contributed by atoms with Crippen LogP contribution < -0.4 is 0 Å². The largest absolute Gasteiger partial charge is 0.394 e. The second-order valence-electron chi connectivity index (χ2n) is 2.91. The van der Waals surface area contributed by atoms with E-state index in [1.165, 1.54) is 0 Å². The lowest BCUT2D eigenvalue weighted by molar-refractivity contribution is -0.00490. The van der Waals surface area contributed by atoms with Crippen LogP contribution in [-0.2, 0) is 4.74 Å². The molecule has 0 bridgehead atoms. The van der Waals surface area contributed by atoms with E-state index in [4.69, 9.17) is 9.84 Å². The lowest BCUT2D eigenvalue weighted by Crippen LogP contribution is -2.28. The molecule has 10 heavy (non-hydrogen) atoms. The summed E-state index contributed by atoms with van der Waals surface area (Å²) in [6.45, 7) is 1.83. The van der Waals surface area contributed by atoms with Gasteiger partial charge in [-0.05, 0) is 0 Å². The molecule has 3 nitrogen and oxygen atoms in total. The zero-order chi connectivity index (χ0) is 7.72. The van der Waals surface area contributed by atoms with Crippen LogP contribution in [0.3, 0.4) is 0 Å². The second kappa shape index (κ2) is 2.90. The van der Waals surface area contributed by atoms with Gasteiger partial charge in [0.1, 0.15) is 14.0 Å². The highest BCUT2D eigenvalue weighted by Gasteiger charge is 2.37. The van der Waals surface area contributed by atoms with Crippen LogP contribution in [0, 0.1) is 5.92 Å². The molecule has 1 heterocycles. The zero-order valence-corrected chi connectivity index (χ0v) is 6.32. The van der Waals surface area contributed by atoms with Crippen molar-refractivity contribution in [1.29, 1.82) is 0 Å². The molecule has 0 aromatic carbocycles. The van der Waals surface area contributed by atoms with Crippen LogP contribution in [-0.4, -0.2) is 42.9 Å². The Morgan fingerprint density at radius 1 is 1.60 bits per heavy atom. The van der Waals surface area contributed by atoms with Gasteiger partial charge in [-0.3, -0.25) is 0 Å². The molecule has 1 aliphatic heterocycles. The van der Waals surface area contributed by atoms with Crippen molar-refractivity contribution < 1.29 is 14.9 Å². The van der Waals surface area contributed by atoms with Gasteiger partial charge in [-0.1, -0.05) is 6.92 Å². The Labute approximate surface area is 61.4 Å². The quantitative estimate of drug-likeness (QED) is 0.433. The molecule has 0 amide bonds. The maximum atomic E-state index is 9.34. The summed E-state index contributed by atoms with van der Waals surface area (Å²) in [5.74, 6) is 0.136. The molecule has 2 N–H and O–H groups in total. The topological polar surface area (TPSA) is 49.7 Å². The Hall–Kier alpha value is -0.0551. The minimum atomic E-state index is -0.500. The number of rotatable bonds is 1. The van der Waals surface area contributed by atoms with Crippen molar-refractivity contribution >= 4 is 7.85 Å². The highest BCUT2D eigenvalue weighted by Crippen LogP contribution is 2.23. The van der Waals surface area contributed by atoms with Gasteiger partial charge in [0, 0.05) is 11.9 Å². The first-order chi connectivity index (χ1) is 4.66. The smallest absolute Gasteiger partial charge is 0.139 e. The zero-order valence-electron chi connectivity index (χ0n) is 6.32. The van der Waals surface area contributed by atoms with Gasteiger partial charge < -0.3 is 14.9 Å². The number of aliphatic hydroxyl groups excluding tert-OH is 2. The first-order valence-electron chi connectivity index (χ1n) is 3.61. The average Bonchev–Trinajstić information content (AvgIpc) is 2.17. The predicted molar refractivity (Wildman–Crippen MR) is 39.5 cm³/mol. The van der Waals surface area contributed by atoms with Crippen molar-refractivity contribution in [2.45, 2.75) is 25.1 Å². The summed E-state index contributed by atoms with van der Waals surface area (Å²) in [5.41, 5.74) is 0. The van der Waals surface area contributed by atoms with Crippen LogP contribution in [0.1, 0.15) is 6.92 Å². The Kier molecular flexibility index (Phi) is 2.34. The maximum Gasteiger partial charge on any atom is 0.139 e. The highest BCUT2D eigenvalue weighted by molar-refractivity contribution is 6.11. The molecule has 1 saturated heterocycles. The molecule has 1 fully saturated rings. The number of hydrogen-bond acceptors (Lipinski definition) is 3. The fourth-order valence-corrected chi connectivity index (χ4v) is 1.25. The van der Waals surface area contributed by atoms with Gasteiger partial charge in [0.05, 0.1) is 12.7 Å². The molecule has 58 valence electrons. The molecule has 4 atom stereocenters. The van der Waals surface area contributed by atoms with E-state index >= 15 is 0 Å². The third kappa shape index (κ3) is 1.19. The molecular formula is C6H13BO3. The minimum absolute atomic E-state index is 0.0622. The van der Waals surface area contributed by atoms with Gasteiger partial charge in [0.15, 0.2) is 0 Å². The van der Waals surface area contributed by atoms with Crippen LogP contribution in [0.5, 0.6) is 0 Å². The number of ether oxygens (including phenoxy) is 1. The summed E-state index contributed by atoms with van der Waals surface area (Å²) < 4.78 is 5.23. The fraction of sp³-hybridized carbons (Fsp3) is 1.00. The van der Waals surface area contributed by atoms with Gasteiger partial charge in [-0.25, -0.2) is 0 Å². The van der Waals surface area contributed by atoms with Crippen molar-refractivity contribution in [3.63, 3.8) is 0 Å². The first-order valence-corrected chi connectivity index (χ1v) is 3.61. The second-order valence-corrected chi connectivity index (χ2v) is 2.91. The summed E-state index contributed by atoms with van der Waals surface area (Å²) in [5, 5.41) is 18.0. The summed E-state index contributed by atoms with van der Waals surface area (Å²) in [6.07, 6.45) is -0.870. The fourth-order valence-electron chi connectivity index (χ4n) is 1.25. The minimum Gasteiger partial charge on any atom is -0.394 e. The molecule has 0 radical (unpaired) electrons. The van der Waals surface area contributed by atoms with E-state index in [2.05, 4.69) is 0 Å². The van der Waals surface area contributed by atoms with Crippen LogP contribution in [0.25, 0.3) is 0 Å². The van der Waals surface area contributed by atoms with Gasteiger partial charge in [-0.2, -0.15) is 0 Å². The van der Waals surface area contributed by atoms with E-state index in [0.717, 1.165) is 0 Å². The molecule has 0 aromatic heterocycles. The summed E-state index contributed by atoms with van der Waals surface area (Å²) in [7, 11) is 1.91. The predicted octanol–water partition coefficient (Wildman–Crippen LogP) is -1.67. The average molecular weight is 144 g/mol.